The number of benzene rings is 1. The first-order chi connectivity index (χ1) is 8.58. The van der Waals surface area contributed by atoms with Crippen LogP contribution in [0.3, 0.4) is 0 Å². The summed E-state index contributed by atoms with van der Waals surface area (Å²) in [7, 11) is 0. The Balaban J connectivity index is 2.86. The molecule has 0 aromatic heterocycles. The first kappa shape index (κ1) is 14.7. The van der Waals surface area contributed by atoms with Gasteiger partial charge in [0.2, 0.25) is 0 Å². The summed E-state index contributed by atoms with van der Waals surface area (Å²) in [5.74, 6) is 0.451. The van der Waals surface area contributed by atoms with Crippen molar-refractivity contribution < 1.29 is 9.53 Å². The quantitative estimate of drug-likeness (QED) is 0.789. The van der Waals surface area contributed by atoms with Crippen LogP contribution in [0.1, 0.15) is 44.2 Å². The molecule has 0 aliphatic heterocycles. The first-order valence-electron chi connectivity index (χ1n) is 6.53. The van der Waals surface area contributed by atoms with Crippen LogP contribution in [-0.4, -0.2) is 12.6 Å². The van der Waals surface area contributed by atoms with E-state index >= 15 is 0 Å². The Bertz CT molecular complexity index is 388. The predicted molar refractivity (Wildman–Crippen MR) is 73.2 cm³/mol. The Morgan fingerprint density at radius 2 is 2.11 bits per heavy atom. The number of carbonyl (C=O) groups is 1. The lowest BCUT2D eigenvalue weighted by atomic mass is 9.85. The second kappa shape index (κ2) is 7.17. The molecule has 100 valence electrons. The van der Waals surface area contributed by atoms with Gasteiger partial charge in [-0.2, -0.15) is 0 Å². The third kappa shape index (κ3) is 4.15. The molecule has 3 heteroatoms. The molecule has 0 aliphatic rings. The van der Waals surface area contributed by atoms with Crippen LogP contribution >= 0.6 is 0 Å². The lowest BCUT2D eigenvalue weighted by molar-refractivity contribution is -0.143. The van der Waals surface area contributed by atoms with Gasteiger partial charge in [0.05, 0.1) is 13.0 Å². The summed E-state index contributed by atoms with van der Waals surface area (Å²) >= 11 is 0. The highest BCUT2D eigenvalue weighted by Crippen LogP contribution is 2.28. The monoisotopic (exact) mass is 249 g/mol. The summed E-state index contributed by atoms with van der Waals surface area (Å²) in [6.07, 6.45) is 0.430. The molecule has 0 saturated heterocycles. The van der Waals surface area contributed by atoms with Crippen molar-refractivity contribution in [2.24, 2.45) is 11.7 Å². The van der Waals surface area contributed by atoms with Crippen LogP contribution in [0.15, 0.2) is 24.3 Å². The van der Waals surface area contributed by atoms with Crippen molar-refractivity contribution in [1.29, 1.82) is 0 Å². The van der Waals surface area contributed by atoms with E-state index < -0.39 is 0 Å². The van der Waals surface area contributed by atoms with Gasteiger partial charge in [-0.05, 0) is 29.9 Å². The molecule has 0 spiro atoms. The van der Waals surface area contributed by atoms with E-state index in [0.717, 1.165) is 5.56 Å². The zero-order chi connectivity index (χ0) is 13.5. The van der Waals surface area contributed by atoms with E-state index in [1.54, 1.807) is 0 Å². The van der Waals surface area contributed by atoms with Crippen molar-refractivity contribution in [2.45, 2.75) is 39.7 Å². The second-order valence-corrected chi connectivity index (χ2v) is 4.81. The van der Waals surface area contributed by atoms with Gasteiger partial charge >= 0.3 is 5.97 Å². The van der Waals surface area contributed by atoms with Crippen molar-refractivity contribution >= 4 is 5.97 Å². The van der Waals surface area contributed by atoms with Gasteiger partial charge in [-0.3, -0.25) is 4.79 Å². The molecule has 1 unspecified atom stereocenters. The molecular formula is C15H23NO2. The topological polar surface area (TPSA) is 52.3 Å². The van der Waals surface area contributed by atoms with Crippen LogP contribution in [0.25, 0.3) is 0 Å². The molecule has 1 aromatic carbocycles. The van der Waals surface area contributed by atoms with Gasteiger partial charge < -0.3 is 10.5 Å². The number of ether oxygens (including phenoxy) is 1. The van der Waals surface area contributed by atoms with E-state index in [-0.39, 0.29) is 11.9 Å². The summed E-state index contributed by atoms with van der Waals surface area (Å²) in [4.78, 5) is 11.6. The smallest absolute Gasteiger partial charge is 0.306 e. The van der Waals surface area contributed by atoms with Crippen molar-refractivity contribution in [2.75, 3.05) is 6.61 Å². The molecule has 0 amide bonds. The van der Waals surface area contributed by atoms with Gasteiger partial charge in [0.15, 0.2) is 0 Å². The fourth-order valence-electron chi connectivity index (χ4n) is 2.09. The van der Waals surface area contributed by atoms with Gasteiger partial charge in [0, 0.05) is 6.54 Å². The van der Waals surface area contributed by atoms with Gasteiger partial charge in [-0.1, -0.05) is 38.1 Å². The van der Waals surface area contributed by atoms with Crippen LogP contribution in [-0.2, 0) is 16.1 Å². The normalized spacial score (nSPS) is 12.5. The van der Waals surface area contributed by atoms with Gasteiger partial charge in [0.25, 0.3) is 0 Å². The van der Waals surface area contributed by atoms with Crippen molar-refractivity contribution in [3.05, 3.63) is 35.4 Å². The highest BCUT2D eigenvalue weighted by molar-refractivity contribution is 5.70. The molecule has 0 radical (unpaired) electrons. The molecule has 2 N–H and O–H groups in total. The number of hydrogen-bond donors (Lipinski definition) is 1. The molecule has 0 aliphatic carbocycles. The minimum absolute atomic E-state index is 0.130. The summed E-state index contributed by atoms with van der Waals surface area (Å²) in [6, 6.07) is 8.15. The van der Waals surface area contributed by atoms with Crippen LogP contribution in [0.2, 0.25) is 0 Å². The minimum atomic E-state index is -0.130. The fourth-order valence-corrected chi connectivity index (χ4v) is 2.09. The van der Waals surface area contributed by atoms with E-state index in [4.69, 9.17) is 10.5 Å². The van der Waals surface area contributed by atoms with Gasteiger partial charge in [-0.25, -0.2) is 0 Å². The third-order valence-corrected chi connectivity index (χ3v) is 3.11. The molecule has 18 heavy (non-hydrogen) atoms. The summed E-state index contributed by atoms with van der Waals surface area (Å²) in [5, 5.41) is 0. The van der Waals surface area contributed by atoms with Crippen LogP contribution in [0.5, 0.6) is 0 Å². The largest absolute Gasteiger partial charge is 0.466 e. The maximum absolute atomic E-state index is 11.6. The molecular weight excluding hydrogens is 226 g/mol. The average molecular weight is 249 g/mol. The standard InChI is InChI=1S/C15H23NO2/c1-4-18-15(17)9-14(11(2)3)13-7-5-6-12(8-13)10-16/h5-8,11,14H,4,9-10,16H2,1-3H3. The van der Waals surface area contributed by atoms with E-state index in [0.29, 0.717) is 25.5 Å². The molecule has 0 fully saturated rings. The van der Waals surface area contributed by atoms with E-state index in [9.17, 15) is 4.79 Å². The lowest BCUT2D eigenvalue weighted by Crippen LogP contribution is -2.15. The summed E-state index contributed by atoms with van der Waals surface area (Å²) in [5.41, 5.74) is 7.92. The third-order valence-electron chi connectivity index (χ3n) is 3.11. The highest BCUT2D eigenvalue weighted by Gasteiger charge is 2.20. The number of nitrogens with two attached hydrogens (primary N) is 1. The Morgan fingerprint density at radius 1 is 1.39 bits per heavy atom. The number of rotatable bonds is 6. The van der Waals surface area contributed by atoms with Crippen molar-refractivity contribution in [3.8, 4) is 0 Å². The van der Waals surface area contributed by atoms with E-state index in [1.165, 1.54) is 5.56 Å². The van der Waals surface area contributed by atoms with Crippen LogP contribution in [0, 0.1) is 5.92 Å². The highest BCUT2D eigenvalue weighted by atomic mass is 16.5. The second-order valence-electron chi connectivity index (χ2n) is 4.81. The van der Waals surface area contributed by atoms with E-state index in [2.05, 4.69) is 26.0 Å². The van der Waals surface area contributed by atoms with Gasteiger partial charge in [-0.15, -0.1) is 0 Å². The molecule has 1 rings (SSSR count). The Labute approximate surface area is 109 Å². The number of carbonyl (C=O) groups excluding carboxylic acids is 1. The molecule has 0 heterocycles. The minimum Gasteiger partial charge on any atom is -0.466 e. The maximum Gasteiger partial charge on any atom is 0.306 e. The van der Waals surface area contributed by atoms with Crippen LogP contribution in [0.4, 0.5) is 0 Å². The Hall–Kier alpha value is -1.35. The Morgan fingerprint density at radius 3 is 2.67 bits per heavy atom. The molecule has 0 saturated carbocycles. The van der Waals surface area contributed by atoms with E-state index in [1.807, 2.05) is 19.1 Å². The Kier molecular flexibility index (Phi) is 5.86. The molecule has 1 atom stereocenters. The molecule has 0 bridgehead atoms. The average Bonchev–Trinajstić information content (AvgIpc) is 2.36. The van der Waals surface area contributed by atoms with Crippen molar-refractivity contribution in [3.63, 3.8) is 0 Å². The molecule has 1 aromatic rings. The maximum atomic E-state index is 11.6. The molecule has 3 nitrogen and oxygen atoms in total. The van der Waals surface area contributed by atoms with Gasteiger partial charge in [0.1, 0.15) is 0 Å². The predicted octanol–water partition coefficient (Wildman–Crippen LogP) is 2.84. The summed E-state index contributed by atoms with van der Waals surface area (Å²) in [6.45, 7) is 7.04. The zero-order valence-corrected chi connectivity index (χ0v) is 11.5. The summed E-state index contributed by atoms with van der Waals surface area (Å²) < 4.78 is 5.04. The van der Waals surface area contributed by atoms with Crippen LogP contribution < -0.4 is 5.73 Å². The number of esters is 1. The fraction of sp³-hybridized carbons (Fsp3) is 0.533. The SMILES string of the molecule is CCOC(=O)CC(c1cccc(CN)c1)C(C)C. The lowest BCUT2D eigenvalue weighted by Gasteiger charge is -2.21. The first-order valence-corrected chi connectivity index (χ1v) is 6.53. The number of hydrogen-bond acceptors (Lipinski definition) is 3. The zero-order valence-electron chi connectivity index (χ0n) is 11.5. The van der Waals surface area contributed by atoms with Crippen molar-refractivity contribution in [1.82, 2.24) is 0 Å².